The Labute approximate surface area is 125 Å². The van der Waals surface area contributed by atoms with E-state index in [1.54, 1.807) is 11.3 Å². The minimum absolute atomic E-state index is 0.0768. The van der Waals surface area contributed by atoms with E-state index in [1.807, 2.05) is 0 Å². The van der Waals surface area contributed by atoms with Crippen molar-refractivity contribution < 1.29 is 0 Å². The van der Waals surface area contributed by atoms with Gasteiger partial charge in [0.1, 0.15) is 0 Å². The van der Waals surface area contributed by atoms with Crippen LogP contribution in [0, 0.1) is 6.92 Å². The van der Waals surface area contributed by atoms with E-state index in [4.69, 9.17) is 11.6 Å². The zero-order valence-electron chi connectivity index (χ0n) is 10.1. The molecule has 2 aromatic rings. The van der Waals surface area contributed by atoms with E-state index in [9.17, 15) is 0 Å². The zero-order chi connectivity index (χ0) is 12.8. The Morgan fingerprint density at radius 3 is 2.44 bits per heavy atom. The van der Waals surface area contributed by atoms with Crippen LogP contribution in [0.1, 0.15) is 33.5 Å². The van der Waals surface area contributed by atoms with Crippen molar-refractivity contribution in [3.8, 4) is 0 Å². The molecule has 94 valence electrons. The Hall–Kier alpha value is -0.310. The summed E-state index contributed by atoms with van der Waals surface area (Å²) in [5, 5.41) is 0.0768. The van der Waals surface area contributed by atoms with Gasteiger partial charge in [0, 0.05) is 19.6 Å². The highest BCUT2D eigenvalue weighted by Gasteiger charge is 2.51. The highest BCUT2D eigenvalue weighted by atomic mass is 79.9. The fraction of sp³-hybridized carbons (Fsp3) is 0.333. The Kier molecular flexibility index (Phi) is 3.29. The van der Waals surface area contributed by atoms with E-state index in [0.717, 1.165) is 4.47 Å². The summed E-state index contributed by atoms with van der Waals surface area (Å²) < 4.78 is 1.16. The molecule has 18 heavy (non-hydrogen) atoms. The number of alkyl halides is 1. The normalized spacial score (nSPS) is 18.6. The average molecular weight is 342 g/mol. The second-order valence-corrected chi connectivity index (χ2v) is 7.53. The van der Waals surface area contributed by atoms with Gasteiger partial charge in [-0.2, -0.15) is 0 Å². The standard InChI is InChI=1S/C15H14BrClS/c1-10-9-12(16)13(18-10)14(17)15(7-8-15)11-5-3-2-4-6-11/h2-6,9,14H,7-8H2,1H3. The number of rotatable bonds is 3. The van der Waals surface area contributed by atoms with Crippen molar-refractivity contribution in [1.82, 2.24) is 0 Å². The van der Waals surface area contributed by atoms with Crippen LogP contribution in [-0.4, -0.2) is 0 Å². The molecule has 0 saturated heterocycles. The molecule has 1 atom stereocenters. The molecule has 0 aliphatic heterocycles. The van der Waals surface area contributed by atoms with Crippen molar-refractivity contribution in [1.29, 1.82) is 0 Å². The van der Waals surface area contributed by atoms with Gasteiger partial charge in [0.2, 0.25) is 0 Å². The molecule has 1 aliphatic carbocycles. The van der Waals surface area contributed by atoms with Gasteiger partial charge in [-0.3, -0.25) is 0 Å². The first-order chi connectivity index (χ1) is 8.63. The molecule has 1 saturated carbocycles. The van der Waals surface area contributed by atoms with Crippen molar-refractivity contribution >= 4 is 38.9 Å². The van der Waals surface area contributed by atoms with Crippen molar-refractivity contribution in [3.63, 3.8) is 0 Å². The zero-order valence-corrected chi connectivity index (χ0v) is 13.3. The van der Waals surface area contributed by atoms with Gasteiger partial charge in [-0.15, -0.1) is 22.9 Å². The minimum Gasteiger partial charge on any atom is -0.143 e. The monoisotopic (exact) mass is 340 g/mol. The summed E-state index contributed by atoms with van der Waals surface area (Å²) in [5.41, 5.74) is 1.53. The molecule has 0 amide bonds. The highest BCUT2D eigenvalue weighted by Crippen LogP contribution is 2.61. The third-order valence-electron chi connectivity index (χ3n) is 3.69. The quantitative estimate of drug-likeness (QED) is 0.616. The number of hydrogen-bond acceptors (Lipinski definition) is 1. The van der Waals surface area contributed by atoms with Crippen molar-refractivity contribution in [2.24, 2.45) is 0 Å². The van der Waals surface area contributed by atoms with Crippen LogP contribution in [0.3, 0.4) is 0 Å². The van der Waals surface area contributed by atoms with E-state index in [0.29, 0.717) is 0 Å². The van der Waals surface area contributed by atoms with Gasteiger partial charge in [0.05, 0.1) is 5.38 Å². The van der Waals surface area contributed by atoms with E-state index >= 15 is 0 Å². The number of thiophene rings is 1. The molecular formula is C15H14BrClS. The average Bonchev–Trinajstić information content (AvgIpc) is 3.11. The summed E-state index contributed by atoms with van der Waals surface area (Å²) in [5.74, 6) is 0. The summed E-state index contributed by atoms with van der Waals surface area (Å²) in [6, 6.07) is 12.8. The molecule has 0 spiro atoms. The predicted molar refractivity (Wildman–Crippen MR) is 82.7 cm³/mol. The van der Waals surface area contributed by atoms with Crippen molar-refractivity contribution in [2.75, 3.05) is 0 Å². The molecule has 1 fully saturated rings. The molecule has 0 radical (unpaired) electrons. The highest BCUT2D eigenvalue weighted by molar-refractivity contribution is 9.10. The van der Waals surface area contributed by atoms with Gasteiger partial charge in [0.25, 0.3) is 0 Å². The van der Waals surface area contributed by atoms with Gasteiger partial charge in [-0.05, 0) is 47.3 Å². The van der Waals surface area contributed by atoms with Gasteiger partial charge in [0.15, 0.2) is 0 Å². The van der Waals surface area contributed by atoms with E-state index < -0.39 is 0 Å². The lowest BCUT2D eigenvalue weighted by Crippen LogP contribution is -2.13. The number of benzene rings is 1. The number of hydrogen-bond donors (Lipinski definition) is 0. The molecule has 1 heterocycles. The van der Waals surface area contributed by atoms with Gasteiger partial charge < -0.3 is 0 Å². The van der Waals surface area contributed by atoms with Gasteiger partial charge in [-0.1, -0.05) is 30.3 Å². The molecule has 0 nitrogen and oxygen atoms in total. The second-order valence-electron chi connectivity index (χ2n) is 4.95. The van der Waals surface area contributed by atoms with E-state index in [1.165, 1.54) is 28.2 Å². The number of aryl methyl sites for hydroxylation is 1. The van der Waals surface area contributed by atoms with Crippen LogP contribution in [0.2, 0.25) is 0 Å². The Morgan fingerprint density at radius 1 is 1.28 bits per heavy atom. The molecule has 1 aromatic carbocycles. The first kappa shape index (κ1) is 12.7. The summed E-state index contributed by atoms with van der Waals surface area (Å²) in [6.07, 6.45) is 2.38. The molecule has 0 bridgehead atoms. The lowest BCUT2D eigenvalue weighted by molar-refractivity contribution is 0.669. The van der Waals surface area contributed by atoms with E-state index in [2.05, 4.69) is 59.3 Å². The molecule has 3 heteroatoms. The fourth-order valence-corrected chi connectivity index (χ4v) is 5.22. The predicted octanol–water partition coefficient (Wildman–Crippen LogP) is 5.83. The van der Waals surface area contributed by atoms with Crippen LogP contribution in [0.15, 0.2) is 40.9 Å². The Bertz CT molecular complexity index is 557. The third-order valence-corrected chi connectivity index (χ3v) is 6.49. The first-order valence-corrected chi connectivity index (χ1v) is 8.13. The lowest BCUT2D eigenvalue weighted by atomic mass is 9.91. The largest absolute Gasteiger partial charge is 0.143 e. The first-order valence-electron chi connectivity index (χ1n) is 6.09. The summed E-state index contributed by atoms with van der Waals surface area (Å²) in [4.78, 5) is 2.59. The van der Waals surface area contributed by atoms with Crippen LogP contribution in [0.25, 0.3) is 0 Å². The fourth-order valence-electron chi connectivity index (χ4n) is 2.52. The Balaban J connectivity index is 1.98. The number of halogens is 2. The SMILES string of the molecule is Cc1cc(Br)c(C(Cl)C2(c3ccccc3)CC2)s1. The molecule has 1 aromatic heterocycles. The van der Waals surface area contributed by atoms with Crippen LogP contribution in [0.5, 0.6) is 0 Å². The molecular weight excluding hydrogens is 328 g/mol. The van der Waals surface area contributed by atoms with Gasteiger partial charge in [-0.25, -0.2) is 0 Å². The summed E-state index contributed by atoms with van der Waals surface area (Å²) >= 11 is 12.2. The Morgan fingerprint density at radius 2 is 1.94 bits per heavy atom. The molecule has 0 N–H and O–H groups in total. The maximum absolute atomic E-state index is 6.79. The van der Waals surface area contributed by atoms with Crippen LogP contribution < -0.4 is 0 Å². The topological polar surface area (TPSA) is 0 Å². The van der Waals surface area contributed by atoms with Crippen LogP contribution in [-0.2, 0) is 5.41 Å². The maximum atomic E-state index is 6.79. The summed E-state index contributed by atoms with van der Waals surface area (Å²) in [6.45, 7) is 2.13. The molecule has 1 aliphatic rings. The molecule has 1 unspecified atom stereocenters. The summed E-state index contributed by atoms with van der Waals surface area (Å²) in [7, 11) is 0. The van der Waals surface area contributed by atoms with E-state index in [-0.39, 0.29) is 10.8 Å². The third kappa shape index (κ3) is 2.04. The van der Waals surface area contributed by atoms with Crippen LogP contribution in [0.4, 0.5) is 0 Å². The smallest absolute Gasteiger partial charge is 0.0786 e. The second kappa shape index (κ2) is 4.66. The lowest BCUT2D eigenvalue weighted by Gasteiger charge is -2.21. The maximum Gasteiger partial charge on any atom is 0.0786 e. The molecule has 3 rings (SSSR count). The van der Waals surface area contributed by atoms with Crippen molar-refractivity contribution in [3.05, 3.63) is 56.2 Å². The van der Waals surface area contributed by atoms with Gasteiger partial charge >= 0.3 is 0 Å². The van der Waals surface area contributed by atoms with Crippen molar-refractivity contribution in [2.45, 2.75) is 30.6 Å². The van der Waals surface area contributed by atoms with Crippen LogP contribution >= 0.6 is 38.9 Å². The minimum atomic E-state index is 0.0768.